The lowest BCUT2D eigenvalue weighted by Crippen LogP contribution is -2.41. The van der Waals surface area contributed by atoms with Gasteiger partial charge in [-0.3, -0.25) is 14.2 Å². The van der Waals surface area contributed by atoms with Gasteiger partial charge >= 0.3 is 0 Å². The lowest BCUT2D eigenvalue weighted by atomic mass is 10.1. The normalized spacial score (nSPS) is 11.7. The van der Waals surface area contributed by atoms with Gasteiger partial charge in [0.2, 0.25) is 5.91 Å². The van der Waals surface area contributed by atoms with Crippen LogP contribution in [0.4, 0.5) is 0 Å². The van der Waals surface area contributed by atoms with E-state index in [-0.39, 0.29) is 22.8 Å². The highest BCUT2D eigenvalue weighted by atomic mass is 79.9. The van der Waals surface area contributed by atoms with Crippen LogP contribution in [0.2, 0.25) is 0 Å². The quantitative estimate of drug-likeness (QED) is 0.635. The third kappa shape index (κ3) is 4.57. The van der Waals surface area contributed by atoms with E-state index in [1.807, 2.05) is 33.8 Å². The molecule has 7 heteroatoms. The number of halogens is 1. The van der Waals surface area contributed by atoms with Crippen molar-refractivity contribution in [2.45, 2.75) is 44.9 Å². The predicted octanol–water partition coefficient (Wildman–Crippen LogP) is 3.19. The first kappa shape index (κ1) is 18.0. The van der Waals surface area contributed by atoms with Gasteiger partial charge in [0.25, 0.3) is 5.56 Å². The molecule has 1 amide bonds. The standard InChI is InChI=1S/C16H20BrN3O2S/c1-5-20-14(22)11-8-10(17)6-7-12(11)18-15(20)23-9-13(21)19-16(2,3)4/h6-8H,5,9H2,1-4H3,(H,19,21). The van der Waals surface area contributed by atoms with E-state index < -0.39 is 0 Å². The van der Waals surface area contributed by atoms with Crippen LogP contribution in [-0.2, 0) is 11.3 Å². The highest BCUT2D eigenvalue weighted by Gasteiger charge is 2.16. The van der Waals surface area contributed by atoms with Crippen LogP contribution in [0, 0.1) is 0 Å². The van der Waals surface area contributed by atoms with Gasteiger partial charge in [-0.05, 0) is 45.9 Å². The zero-order valence-corrected chi connectivity index (χ0v) is 16.0. The minimum absolute atomic E-state index is 0.0738. The number of hydrogen-bond donors (Lipinski definition) is 1. The van der Waals surface area contributed by atoms with Crippen LogP contribution in [0.3, 0.4) is 0 Å². The lowest BCUT2D eigenvalue weighted by molar-refractivity contribution is -0.119. The maximum absolute atomic E-state index is 12.6. The average molecular weight is 398 g/mol. The monoisotopic (exact) mass is 397 g/mol. The second kappa shape index (κ2) is 7.05. The third-order valence-corrected chi connectivity index (χ3v) is 4.51. The first-order valence-corrected chi connectivity index (χ1v) is 9.13. The largest absolute Gasteiger partial charge is 0.351 e. The summed E-state index contributed by atoms with van der Waals surface area (Å²) in [5, 5.41) is 4.04. The SMILES string of the molecule is CCn1c(SCC(=O)NC(C)(C)C)nc2ccc(Br)cc2c1=O. The molecule has 0 aliphatic rings. The summed E-state index contributed by atoms with van der Waals surface area (Å²) >= 11 is 4.66. The van der Waals surface area contributed by atoms with Gasteiger partial charge in [-0.1, -0.05) is 27.7 Å². The molecular formula is C16H20BrN3O2S. The van der Waals surface area contributed by atoms with Gasteiger partial charge in [0.05, 0.1) is 16.7 Å². The molecule has 2 aromatic rings. The molecule has 0 aliphatic carbocycles. The molecular weight excluding hydrogens is 378 g/mol. The van der Waals surface area contributed by atoms with E-state index in [1.165, 1.54) is 11.8 Å². The fourth-order valence-electron chi connectivity index (χ4n) is 2.15. The van der Waals surface area contributed by atoms with Gasteiger partial charge in [-0.2, -0.15) is 0 Å². The van der Waals surface area contributed by atoms with Gasteiger partial charge in [-0.25, -0.2) is 4.98 Å². The van der Waals surface area contributed by atoms with Crippen molar-refractivity contribution in [3.8, 4) is 0 Å². The summed E-state index contributed by atoms with van der Waals surface area (Å²) in [5.41, 5.74) is 0.282. The topological polar surface area (TPSA) is 64.0 Å². The average Bonchev–Trinajstić information content (AvgIpc) is 2.44. The molecule has 1 aromatic carbocycles. The van der Waals surface area contributed by atoms with E-state index in [2.05, 4.69) is 26.2 Å². The van der Waals surface area contributed by atoms with Crippen molar-refractivity contribution in [3.05, 3.63) is 33.0 Å². The summed E-state index contributed by atoms with van der Waals surface area (Å²) in [6.07, 6.45) is 0. The predicted molar refractivity (Wildman–Crippen MR) is 98.0 cm³/mol. The van der Waals surface area contributed by atoms with Crippen molar-refractivity contribution in [3.63, 3.8) is 0 Å². The second-order valence-electron chi connectivity index (χ2n) is 6.19. The van der Waals surface area contributed by atoms with E-state index in [9.17, 15) is 9.59 Å². The van der Waals surface area contributed by atoms with Crippen molar-refractivity contribution in [1.82, 2.24) is 14.9 Å². The molecule has 0 saturated heterocycles. The summed E-state index contributed by atoms with van der Waals surface area (Å²) < 4.78 is 2.44. The molecule has 1 N–H and O–H groups in total. The molecule has 2 rings (SSSR count). The molecule has 0 radical (unpaired) electrons. The van der Waals surface area contributed by atoms with E-state index in [1.54, 1.807) is 16.7 Å². The Balaban J connectivity index is 2.32. The van der Waals surface area contributed by atoms with Crippen molar-refractivity contribution < 1.29 is 4.79 Å². The van der Waals surface area contributed by atoms with E-state index in [0.29, 0.717) is 22.6 Å². The Hall–Kier alpha value is -1.34. The number of benzene rings is 1. The maximum Gasteiger partial charge on any atom is 0.262 e. The summed E-state index contributed by atoms with van der Waals surface area (Å²) in [6.45, 7) is 8.21. The molecule has 0 saturated carbocycles. The fourth-order valence-corrected chi connectivity index (χ4v) is 3.37. The minimum atomic E-state index is -0.273. The lowest BCUT2D eigenvalue weighted by Gasteiger charge is -2.20. The summed E-state index contributed by atoms with van der Waals surface area (Å²) in [4.78, 5) is 29.1. The summed E-state index contributed by atoms with van der Waals surface area (Å²) in [7, 11) is 0. The maximum atomic E-state index is 12.6. The van der Waals surface area contributed by atoms with Crippen LogP contribution in [0.25, 0.3) is 10.9 Å². The molecule has 1 heterocycles. The summed E-state index contributed by atoms with van der Waals surface area (Å²) in [6, 6.07) is 5.43. The Labute approximate surface area is 148 Å². The molecule has 0 aliphatic heterocycles. The van der Waals surface area contributed by atoms with Gasteiger partial charge in [0.1, 0.15) is 0 Å². The summed E-state index contributed by atoms with van der Waals surface area (Å²) in [5.74, 6) is 0.154. The van der Waals surface area contributed by atoms with Crippen LogP contribution in [0.1, 0.15) is 27.7 Å². The van der Waals surface area contributed by atoms with E-state index in [0.717, 1.165) is 4.47 Å². The van der Waals surface area contributed by atoms with Crippen LogP contribution in [-0.4, -0.2) is 26.8 Å². The number of hydrogen-bond acceptors (Lipinski definition) is 4. The zero-order valence-electron chi connectivity index (χ0n) is 13.6. The number of fused-ring (bicyclic) bond motifs is 1. The molecule has 1 aromatic heterocycles. The Morgan fingerprint density at radius 2 is 2.09 bits per heavy atom. The molecule has 0 spiro atoms. The number of thioether (sulfide) groups is 1. The Kier molecular flexibility index (Phi) is 5.52. The number of rotatable bonds is 4. The van der Waals surface area contributed by atoms with Crippen LogP contribution < -0.4 is 10.9 Å². The molecule has 0 unspecified atom stereocenters. The molecule has 0 atom stereocenters. The van der Waals surface area contributed by atoms with E-state index in [4.69, 9.17) is 0 Å². The van der Waals surface area contributed by atoms with Gasteiger partial charge in [-0.15, -0.1) is 0 Å². The number of nitrogens with one attached hydrogen (secondary N) is 1. The van der Waals surface area contributed by atoms with Gasteiger partial charge in [0, 0.05) is 16.6 Å². The Morgan fingerprint density at radius 3 is 2.70 bits per heavy atom. The minimum Gasteiger partial charge on any atom is -0.351 e. The molecule has 0 bridgehead atoms. The van der Waals surface area contributed by atoms with Crippen LogP contribution in [0.15, 0.2) is 32.6 Å². The Bertz CT molecular complexity index is 796. The van der Waals surface area contributed by atoms with Crippen LogP contribution >= 0.6 is 27.7 Å². The number of carbonyl (C=O) groups excluding carboxylic acids is 1. The molecule has 23 heavy (non-hydrogen) atoms. The second-order valence-corrected chi connectivity index (χ2v) is 8.05. The molecule has 124 valence electrons. The molecule has 5 nitrogen and oxygen atoms in total. The van der Waals surface area contributed by atoms with Crippen molar-refractivity contribution in [2.24, 2.45) is 0 Å². The highest BCUT2D eigenvalue weighted by Crippen LogP contribution is 2.20. The Morgan fingerprint density at radius 1 is 1.39 bits per heavy atom. The smallest absolute Gasteiger partial charge is 0.262 e. The van der Waals surface area contributed by atoms with Crippen molar-refractivity contribution in [2.75, 3.05) is 5.75 Å². The van der Waals surface area contributed by atoms with Gasteiger partial charge < -0.3 is 5.32 Å². The first-order chi connectivity index (χ1) is 10.7. The number of amides is 1. The zero-order chi connectivity index (χ0) is 17.2. The van der Waals surface area contributed by atoms with Crippen molar-refractivity contribution in [1.29, 1.82) is 0 Å². The number of aromatic nitrogens is 2. The number of nitrogens with zero attached hydrogens (tertiary/aromatic N) is 2. The molecule has 0 fully saturated rings. The highest BCUT2D eigenvalue weighted by molar-refractivity contribution is 9.10. The fraction of sp³-hybridized carbons (Fsp3) is 0.438. The first-order valence-electron chi connectivity index (χ1n) is 7.35. The van der Waals surface area contributed by atoms with E-state index >= 15 is 0 Å². The third-order valence-electron chi connectivity index (χ3n) is 3.04. The van der Waals surface area contributed by atoms with Gasteiger partial charge in [0.15, 0.2) is 5.16 Å². The van der Waals surface area contributed by atoms with Crippen LogP contribution in [0.5, 0.6) is 0 Å². The van der Waals surface area contributed by atoms with Crippen molar-refractivity contribution >= 4 is 44.5 Å². The number of carbonyl (C=O) groups is 1.